The Labute approximate surface area is 228 Å². The molecule has 3 heterocycles. The molecule has 3 fully saturated rings. The zero-order chi connectivity index (χ0) is 27.1. The summed E-state index contributed by atoms with van der Waals surface area (Å²) in [5.74, 6) is -0.0502. The normalized spacial score (nSPS) is 30.6. The maximum atomic E-state index is 15.0. The molecule has 3 aliphatic rings. The third-order valence-electron chi connectivity index (χ3n) is 8.74. The lowest BCUT2D eigenvalue weighted by atomic mass is 9.90. The van der Waals surface area contributed by atoms with E-state index >= 15 is 0 Å². The molecule has 2 aromatic rings. The van der Waals surface area contributed by atoms with Crippen molar-refractivity contribution in [2.75, 3.05) is 32.8 Å². The summed E-state index contributed by atoms with van der Waals surface area (Å²) < 4.78 is 28.2. The predicted octanol–water partition coefficient (Wildman–Crippen LogP) is 4.00. The van der Waals surface area contributed by atoms with Crippen LogP contribution in [-0.2, 0) is 14.0 Å². The standard InChI is InChI=1S/C31H43FN2O3Si/c1-23-18-33(19-24(2)37-23)20-25-16-31(17-26(32)21-34(31)29(25)35)22-36-38(30(3,4)5,27-12-8-6-9-13-27)28-14-10-7-11-15-28/h6-15,23-26H,16-22H2,1-5H3/t23-,24+,25-,26-,31+/m1/s1. The maximum Gasteiger partial charge on any atom is 0.261 e. The second kappa shape index (κ2) is 10.5. The molecule has 0 aromatic heterocycles. The van der Waals surface area contributed by atoms with Crippen molar-refractivity contribution in [1.29, 1.82) is 0 Å². The van der Waals surface area contributed by atoms with Crippen molar-refractivity contribution in [3.63, 3.8) is 0 Å². The van der Waals surface area contributed by atoms with Crippen molar-refractivity contribution in [1.82, 2.24) is 9.80 Å². The van der Waals surface area contributed by atoms with E-state index in [0.29, 0.717) is 26.0 Å². The van der Waals surface area contributed by atoms with Gasteiger partial charge in [-0.05, 0) is 35.7 Å². The summed E-state index contributed by atoms with van der Waals surface area (Å²) in [5.41, 5.74) is -0.599. The Bertz CT molecular complexity index is 1060. The second-order valence-electron chi connectivity index (χ2n) is 12.8. The van der Waals surface area contributed by atoms with Crippen LogP contribution in [-0.4, -0.2) is 80.7 Å². The lowest BCUT2D eigenvalue weighted by molar-refractivity contribution is -0.134. The fourth-order valence-corrected chi connectivity index (χ4v) is 12.0. The summed E-state index contributed by atoms with van der Waals surface area (Å²) in [7, 11) is -2.80. The van der Waals surface area contributed by atoms with Crippen LogP contribution in [0, 0.1) is 5.92 Å². The first kappa shape index (κ1) is 27.5. The van der Waals surface area contributed by atoms with Gasteiger partial charge in [0.05, 0.1) is 36.8 Å². The SMILES string of the molecule is C[C@@H]1CN(C[C@H]2C[C@@]3(CO[Si](c4ccccc4)(c4ccccc4)C(C)(C)C)C[C@@H](F)CN3C2=O)C[C@H](C)O1. The number of nitrogens with zero attached hydrogens (tertiary/aromatic N) is 2. The topological polar surface area (TPSA) is 42.0 Å². The van der Waals surface area contributed by atoms with Crippen LogP contribution < -0.4 is 10.4 Å². The molecule has 5 nitrogen and oxygen atoms in total. The molecule has 3 saturated heterocycles. The van der Waals surface area contributed by atoms with Gasteiger partial charge < -0.3 is 14.1 Å². The molecule has 0 N–H and O–H groups in total. The molecule has 5 rings (SSSR count). The van der Waals surface area contributed by atoms with Crippen molar-refractivity contribution >= 4 is 24.6 Å². The van der Waals surface area contributed by atoms with Crippen molar-refractivity contribution in [2.24, 2.45) is 5.92 Å². The third-order valence-corrected chi connectivity index (χ3v) is 13.7. The molecule has 2 aromatic carbocycles. The van der Waals surface area contributed by atoms with Crippen LogP contribution in [0.25, 0.3) is 0 Å². The zero-order valence-electron chi connectivity index (χ0n) is 23.5. The number of benzene rings is 2. The predicted molar refractivity (Wildman–Crippen MR) is 152 cm³/mol. The van der Waals surface area contributed by atoms with Crippen LogP contribution >= 0.6 is 0 Å². The van der Waals surface area contributed by atoms with E-state index in [2.05, 4.69) is 88.0 Å². The van der Waals surface area contributed by atoms with Crippen molar-refractivity contribution < 1.29 is 18.3 Å². The number of hydrogen-bond acceptors (Lipinski definition) is 4. The monoisotopic (exact) mass is 538 g/mol. The molecule has 0 bridgehead atoms. The summed E-state index contributed by atoms with van der Waals surface area (Å²) in [6.45, 7) is 13.8. The third kappa shape index (κ3) is 4.99. The van der Waals surface area contributed by atoms with E-state index in [1.807, 2.05) is 17.0 Å². The zero-order valence-corrected chi connectivity index (χ0v) is 24.5. The quantitative estimate of drug-likeness (QED) is 0.500. The molecule has 1 amide bonds. The number of morpholine rings is 1. The first-order chi connectivity index (χ1) is 18.0. The molecule has 0 spiro atoms. The molecule has 206 valence electrons. The maximum absolute atomic E-state index is 15.0. The van der Waals surface area contributed by atoms with Gasteiger partial charge in [-0.15, -0.1) is 0 Å². The minimum absolute atomic E-state index is 0.0861. The van der Waals surface area contributed by atoms with E-state index in [1.165, 1.54) is 10.4 Å². The summed E-state index contributed by atoms with van der Waals surface area (Å²) in [6.07, 6.45) is 0.287. The number of amides is 1. The van der Waals surface area contributed by atoms with Crippen LogP contribution in [0.5, 0.6) is 0 Å². The van der Waals surface area contributed by atoms with E-state index in [4.69, 9.17) is 9.16 Å². The number of halogens is 1. The average molecular weight is 539 g/mol. The number of alkyl halides is 1. The fraction of sp³-hybridized carbons (Fsp3) is 0.581. The van der Waals surface area contributed by atoms with Gasteiger partial charge in [0.2, 0.25) is 5.91 Å². The van der Waals surface area contributed by atoms with Crippen molar-refractivity contribution in [2.45, 2.75) is 76.4 Å². The highest BCUT2D eigenvalue weighted by Gasteiger charge is 2.59. The van der Waals surface area contributed by atoms with Gasteiger partial charge in [-0.3, -0.25) is 9.69 Å². The van der Waals surface area contributed by atoms with Gasteiger partial charge in [-0.25, -0.2) is 4.39 Å². The summed E-state index contributed by atoms with van der Waals surface area (Å²) in [4.78, 5) is 17.9. The largest absolute Gasteiger partial charge is 0.405 e. The van der Waals surface area contributed by atoms with Crippen LogP contribution in [0.4, 0.5) is 4.39 Å². The molecule has 0 unspecified atom stereocenters. The molecule has 38 heavy (non-hydrogen) atoms. The Balaban J connectivity index is 1.46. The van der Waals surface area contributed by atoms with Gasteiger partial charge in [0.25, 0.3) is 8.32 Å². The Morgan fingerprint density at radius 2 is 1.50 bits per heavy atom. The minimum Gasteiger partial charge on any atom is -0.405 e. The highest BCUT2D eigenvalue weighted by molar-refractivity contribution is 6.99. The van der Waals surface area contributed by atoms with Crippen molar-refractivity contribution in [3.05, 3.63) is 60.7 Å². The number of fused-ring (bicyclic) bond motifs is 1. The van der Waals surface area contributed by atoms with Crippen LogP contribution in [0.2, 0.25) is 5.04 Å². The van der Waals surface area contributed by atoms with Crippen LogP contribution in [0.15, 0.2) is 60.7 Å². The Morgan fingerprint density at radius 3 is 2.03 bits per heavy atom. The summed E-state index contributed by atoms with van der Waals surface area (Å²) in [5, 5.41) is 2.23. The number of ether oxygens (including phenoxy) is 1. The van der Waals surface area contributed by atoms with E-state index < -0.39 is 20.0 Å². The average Bonchev–Trinajstić information content (AvgIpc) is 3.30. The first-order valence-corrected chi connectivity index (χ1v) is 16.0. The van der Waals surface area contributed by atoms with Crippen LogP contribution in [0.1, 0.15) is 47.5 Å². The smallest absolute Gasteiger partial charge is 0.261 e. The molecular weight excluding hydrogens is 495 g/mol. The lowest BCUT2D eigenvalue weighted by Crippen LogP contribution is -2.68. The molecule has 0 aliphatic carbocycles. The first-order valence-electron chi connectivity index (χ1n) is 14.1. The van der Waals surface area contributed by atoms with Gasteiger partial charge >= 0.3 is 0 Å². The molecule has 3 aliphatic heterocycles. The number of hydrogen-bond donors (Lipinski definition) is 0. The number of carbonyl (C=O) groups excluding carboxylic acids is 1. The van der Waals surface area contributed by atoms with E-state index in [1.54, 1.807) is 0 Å². The lowest BCUT2D eigenvalue weighted by Gasteiger charge is -2.45. The Morgan fingerprint density at radius 1 is 0.947 bits per heavy atom. The second-order valence-corrected chi connectivity index (χ2v) is 17.1. The molecule has 0 saturated carbocycles. The fourth-order valence-electron chi connectivity index (χ4n) is 7.35. The summed E-state index contributed by atoms with van der Waals surface area (Å²) in [6, 6.07) is 21.1. The van der Waals surface area contributed by atoms with Gasteiger partial charge in [-0.1, -0.05) is 81.4 Å². The van der Waals surface area contributed by atoms with Crippen LogP contribution in [0.3, 0.4) is 0 Å². The van der Waals surface area contributed by atoms with Gasteiger partial charge in [-0.2, -0.15) is 0 Å². The molecule has 7 heteroatoms. The Kier molecular flexibility index (Phi) is 7.59. The van der Waals surface area contributed by atoms with Gasteiger partial charge in [0.15, 0.2) is 0 Å². The summed E-state index contributed by atoms with van der Waals surface area (Å²) >= 11 is 0. The van der Waals surface area contributed by atoms with E-state index in [-0.39, 0.29) is 35.6 Å². The van der Waals surface area contributed by atoms with E-state index in [9.17, 15) is 9.18 Å². The molecule has 0 radical (unpaired) electrons. The Hall–Kier alpha value is -2.06. The van der Waals surface area contributed by atoms with E-state index in [0.717, 1.165) is 13.1 Å². The minimum atomic E-state index is -2.80. The van der Waals surface area contributed by atoms with Gasteiger partial charge in [0.1, 0.15) is 6.17 Å². The highest BCUT2D eigenvalue weighted by Crippen LogP contribution is 2.46. The highest BCUT2D eigenvalue weighted by atomic mass is 28.4. The molecular formula is C31H43FN2O3Si. The van der Waals surface area contributed by atoms with Gasteiger partial charge in [0, 0.05) is 26.1 Å². The van der Waals surface area contributed by atoms with Crippen molar-refractivity contribution in [3.8, 4) is 0 Å². The number of carbonyl (C=O) groups is 1. The number of rotatable bonds is 7. The molecule has 5 atom stereocenters.